The summed E-state index contributed by atoms with van der Waals surface area (Å²) in [6, 6.07) is 7.92. The topological polar surface area (TPSA) is 47.9 Å². The molecule has 0 aromatic heterocycles. The minimum atomic E-state index is -0.323. The highest BCUT2D eigenvalue weighted by Gasteiger charge is 2.38. The molecular weight excluding hydrogens is 242 g/mol. The van der Waals surface area contributed by atoms with Gasteiger partial charge in [0.2, 0.25) is 6.08 Å². The molecule has 1 aliphatic carbocycles. The average molecular weight is 259 g/mol. The summed E-state index contributed by atoms with van der Waals surface area (Å²) in [5, 5.41) is 0. The predicted molar refractivity (Wildman–Crippen MR) is 69.9 cm³/mol. The van der Waals surface area contributed by atoms with Crippen LogP contribution in [0.4, 0.5) is 0 Å². The van der Waals surface area contributed by atoms with Gasteiger partial charge >= 0.3 is 0 Å². The second-order valence-electron chi connectivity index (χ2n) is 5.22. The fraction of sp³-hybridized carbons (Fsp3) is 0.533. The van der Waals surface area contributed by atoms with Crippen molar-refractivity contribution in [1.82, 2.24) is 0 Å². The van der Waals surface area contributed by atoms with Crippen LogP contribution in [0.3, 0.4) is 0 Å². The lowest BCUT2D eigenvalue weighted by molar-refractivity contribution is 0.141. The van der Waals surface area contributed by atoms with Gasteiger partial charge in [0, 0.05) is 6.42 Å². The maximum atomic E-state index is 10.6. The van der Waals surface area contributed by atoms with E-state index in [0.29, 0.717) is 6.61 Å². The van der Waals surface area contributed by atoms with Crippen molar-refractivity contribution in [3.05, 3.63) is 29.8 Å². The second kappa shape index (κ2) is 5.16. The molecule has 0 spiro atoms. The van der Waals surface area contributed by atoms with Crippen molar-refractivity contribution in [2.75, 3.05) is 13.2 Å². The number of hydrogen-bond acceptors (Lipinski definition) is 4. The van der Waals surface area contributed by atoms with E-state index in [2.05, 4.69) is 4.99 Å². The van der Waals surface area contributed by atoms with E-state index < -0.39 is 0 Å². The molecule has 1 unspecified atom stereocenters. The molecule has 19 heavy (non-hydrogen) atoms. The zero-order chi connectivity index (χ0) is 13.1. The zero-order valence-corrected chi connectivity index (χ0v) is 10.8. The van der Waals surface area contributed by atoms with Crippen molar-refractivity contribution in [2.24, 2.45) is 4.99 Å². The third-order valence-corrected chi connectivity index (χ3v) is 4.02. The molecule has 1 saturated carbocycles. The first-order valence-electron chi connectivity index (χ1n) is 6.76. The highest BCUT2D eigenvalue weighted by atomic mass is 16.5. The molecule has 1 aliphatic heterocycles. The van der Waals surface area contributed by atoms with Gasteiger partial charge in [-0.2, -0.15) is 4.99 Å². The van der Waals surface area contributed by atoms with Crippen LogP contribution in [-0.4, -0.2) is 25.4 Å². The van der Waals surface area contributed by atoms with E-state index in [1.54, 1.807) is 6.08 Å². The Morgan fingerprint density at radius 2 is 2.11 bits per heavy atom. The van der Waals surface area contributed by atoms with Crippen LogP contribution in [0.1, 0.15) is 31.2 Å². The first-order valence-corrected chi connectivity index (χ1v) is 6.76. The van der Waals surface area contributed by atoms with Gasteiger partial charge in [0.15, 0.2) is 0 Å². The Morgan fingerprint density at radius 3 is 2.63 bits per heavy atom. The summed E-state index contributed by atoms with van der Waals surface area (Å²) >= 11 is 0. The lowest BCUT2D eigenvalue weighted by Crippen LogP contribution is -2.31. The van der Waals surface area contributed by atoms with Crippen molar-refractivity contribution in [3.8, 4) is 5.75 Å². The summed E-state index contributed by atoms with van der Waals surface area (Å²) in [7, 11) is 0. The largest absolute Gasteiger partial charge is 0.488 e. The first kappa shape index (κ1) is 12.4. The van der Waals surface area contributed by atoms with Gasteiger partial charge in [0.05, 0.1) is 18.8 Å². The standard InChI is InChI=1S/C15H17NO3/c17-11-16-15(7-1-8-15)12-2-4-13(5-3-12)19-14-6-9-18-10-14/h2-5,14H,1,6-10H2. The van der Waals surface area contributed by atoms with E-state index in [1.807, 2.05) is 24.3 Å². The van der Waals surface area contributed by atoms with Gasteiger partial charge in [0.25, 0.3) is 0 Å². The fourth-order valence-corrected chi connectivity index (χ4v) is 2.71. The highest BCUT2D eigenvalue weighted by molar-refractivity contribution is 5.40. The molecule has 2 aliphatic rings. The molecule has 0 bridgehead atoms. The van der Waals surface area contributed by atoms with Crippen LogP contribution in [-0.2, 0) is 15.1 Å². The van der Waals surface area contributed by atoms with E-state index >= 15 is 0 Å². The predicted octanol–water partition coefficient (Wildman–Crippen LogP) is 2.57. The van der Waals surface area contributed by atoms with E-state index in [9.17, 15) is 4.79 Å². The minimum Gasteiger partial charge on any atom is -0.488 e. The zero-order valence-electron chi connectivity index (χ0n) is 10.8. The smallest absolute Gasteiger partial charge is 0.235 e. The maximum Gasteiger partial charge on any atom is 0.235 e. The molecule has 4 nitrogen and oxygen atoms in total. The van der Waals surface area contributed by atoms with Crippen molar-refractivity contribution in [2.45, 2.75) is 37.3 Å². The Hall–Kier alpha value is -1.64. The van der Waals surface area contributed by atoms with Gasteiger partial charge in [-0.05, 0) is 37.0 Å². The molecule has 0 amide bonds. The van der Waals surface area contributed by atoms with Crippen LogP contribution in [0.5, 0.6) is 5.75 Å². The Morgan fingerprint density at radius 1 is 1.32 bits per heavy atom. The Bertz CT molecular complexity index is 481. The number of carbonyl (C=O) groups excluding carboxylic acids is 1. The number of rotatable bonds is 4. The normalized spacial score (nSPS) is 24.3. The van der Waals surface area contributed by atoms with Crippen LogP contribution in [0.25, 0.3) is 0 Å². The number of isocyanates is 1. The molecule has 1 aromatic rings. The molecule has 1 aromatic carbocycles. The van der Waals surface area contributed by atoms with Crippen LogP contribution in [0.2, 0.25) is 0 Å². The van der Waals surface area contributed by atoms with Gasteiger partial charge < -0.3 is 9.47 Å². The molecule has 1 saturated heterocycles. The quantitative estimate of drug-likeness (QED) is 0.616. The van der Waals surface area contributed by atoms with Crippen LogP contribution < -0.4 is 4.74 Å². The number of ether oxygens (including phenoxy) is 2. The Kier molecular flexibility index (Phi) is 3.36. The Balaban J connectivity index is 1.73. The minimum absolute atomic E-state index is 0.163. The number of nitrogens with zero attached hydrogens (tertiary/aromatic N) is 1. The lowest BCUT2D eigenvalue weighted by Gasteiger charge is -2.37. The fourth-order valence-electron chi connectivity index (χ4n) is 2.71. The van der Waals surface area contributed by atoms with Crippen molar-refractivity contribution < 1.29 is 14.3 Å². The van der Waals surface area contributed by atoms with Gasteiger partial charge in [-0.15, -0.1) is 0 Å². The maximum absolute atomic E-state index is 10.6. The van der Waals surface area contributed by atoms with Crippen LogP contribution in [0.15, 0.2) is 29.3 Å². The summed E-state index contributed by atoms with van der Waals surface area (Å²) in [5.41, 5.74) is 0.758. The van der Waals surface area contributed by atoms with Crippen molar-refractivity contribution in [3.63, 3.8) is 0 Å². The third-order valence-electron chi connectivity index (χ3n) is 4.02. The average Bonchev–Trinajstić information content (AvgIpc) is 2.88. The van der Waals surface area contributed by atoms with Gasteiger partial charge in [0.1, 0.15) is 11.9 Å². The molecular formula is C15H17NO3. The van der Waals surface area contributed by atoms with E-state index in [4.69, 9.17) is 9.47 Å². The lowest BCUT2D eigenvalue weighted by atomic mass is 9.72. The molecule has 1 atom stereocenters. The van der Waals surface area contributed by atoms with Crippen molar-refractivity contribution in [1.29, 1.82) is 0 Å². The van der Waals surface area contributed by atoms with Gasteiger partial charge in [-0.3, -0.25) is 0 Å². The molecule has 100 valence electrons. The summed E-state index contributed by atoms with van der Waals surface area (Å²) < 4.78 is 11.1. The van der Waals surface area contributed by atoms with Crippen molar-refractivity contribution >= 4 is 6.08 Å². The molecule has 0 N–H and O–H groups in total. The van der Waals surface area contributed by atoms with Crippen LogP contribution in [0, 0.1) is 0 Å². The molecule has 1 heterocycles. The van der Waals surface area contributed by atoms with Crippen LogP contribution >= 0.6 is 0 Å². The summed E-state index contributed by atoms with van der Waals surface area (Å²) in [4.78, 5) is 14.6. The molecule has 4 heteroatoms. The number of benzene rings is 1. The van der Waals surface area contributed by atoms with Gasteiger partial charge in [-0.25, -0.2) is 4.79 Å². The second-order valence-corrected chi connectivity index (χ2v) is 5.22. The third kappa shape index (κ3) is 2.42. The first-order chi connectivity index (χ1) is 9.32. The Labute approximate surface area is 112 Å². The number of aliphatic imine (C=N–C) groups is 1. The molecule has 3 rings (SSSR count). The monoisotopic (exact) mass is 259 g/mol. The van der Waals surface area contributed by atoms with E-state index in [-0.39, 0.29) is 11.6 Å². The SMILES string of the molecule is O=C=NC1(c2ccc(OC3CCOC3)cc2)CCC1. The van der Waals surface area contributed by atoms with E-state index in [0.717, 1.165) is 43.6 Å². The molecule has 0 radical (unpaired) electrons. The number of hydrogen-bond donors (Lipinski definition) is 0. The summed E-state index contributed by atoms with van der Waals surface area (Å²) in [6.45, 7) is 1.45. The molecule has 2 fully saturated rings. The highest BCUT2D eigenvalue weighted by Crippen LogP contribution is 2.44. The van der Waals surface area contributed by atoms with Gasteiger partial charge in [-0.1, -0.05) is 12.1 Å². The van der Waals surface area contributed by atoms with E-state index in [1.165, 1.54) is 0 Å². The summed E-state index contributed by atoms with van der Waals surface area (Å²) in [6.07, 6.45) is 5.79. The summed E-state index contributed by atoms with van der Waals surface area (Å²) in [5.74, 6) is 0.851.